The molecular formula is C24H19ClFN5O5. The summed E-state index contributed by atoms with van der Waals surface area (Å²) in [6.07, 6.45) is 1.23. The molecule has 0 saturated carbocycles. The lowest BCUT2D eigenvalue weighted by Crippen LogP contribution is -2.49. The van der Waals surface area contributed by atoms with Gasteiger partial charge in [0.05, 0.1) is 17.8 Å². The summed E-state index contributed by atoms with van der Waals surface area (Å²) in [6, 6.07) is 13.0. The van der Waals surface area contributed by atoms with Crippen LogP contribution in [0.1, 0.15) is 22.8 Å². The van der Waals surface area contributed by atoms with Gasteiger partial charge in [-0.3, -0.25) is 9.55 Å². The van der Waals surface area contributed by atoms with E-state index in [0.29, 0.717) is 5.02 Å². The van der Waals surface area contributed by atoms with E-state index >= 15 is 0 Å². The molecule has 0 unspecified atom stereocenters. The monoisotopic (exact) mass is 511 g/mol. The first-order chi connectivity index (χ1) is 17.2. The molecule has 4 rings (SSSR count). The minimum Gasteiger partial charge on any atom is -0.478 e. The third-order valence-electron chi connectivity index (χ3n) is 5.10. The standard InChI is InChI=1S/C24H19ClFN5O5/c1-2-30-23(34)29-22(31(24(30)35)13-14-3-5-16(25)6-4-14)28-17-7-8-19(18(26)12-17)36-20-11-15(21(32)33)9-10-27-20/h3-12H,2,13H2,1H3,(H,32,33)(H,28,29,34). The lowest BCUT2D eigenvalue weighted by molar-refractivity contribution is 0.0696. The van der Waals surface area contributed by atoms with Crippen LogP contribution in [0.5, 0.6) is 11.6 Å². The highest BCUT2D eigenvalue weighted by atomic mass is 35.5. The fraction of sp³-hybridized carbons (Fsp3) is 0.125. The number of carboxylic acid groups (broad SMARTS) is 1. The van der Waals surface area contributed by atoms with Crippen LogP contribution in [0.25, 0.3) is 0 Å². The second-order valence-corrected chi connectivity index (χ2v) is 7.95. The fourth-order valence-corrected chi connectivity index (χ4v) is 3.44. The summed E-state index contributed by atoms with van der Waals surface area (Å²) in [5, 5.41) is 9.61. The number of nitrogens with zero attached hydrogens (tertiary/aromatic N) is 4. The van der Waals surface area contributed by atoms with Gasteiger partial charge in [-0.05, 0) is 42.8 Å². The average molecular weight is 512 g/mol. The molecule has 0 amide bonds. The van der Waals surface area contributed by atoms with Gasteiger partial charge in [-0.1, -0.05) is 23.7 Å². The Bertz CT molecular complexity index is 1630. The van der Waals surface area contributed by atoms with Gasteiger partial charge in [0.1, 0.15) is 0 Å². The van der Waals surface area contributed by atoms with E-state index in [1.165, 1.54) is 29.0 Å². The number of carbonyl (C=O) groups is 1. The first-order valence-electron chi connectivity index (χ1n) is 10.6. The molecular weight excluding hydrogens is 493 g/mol. The quantitative estimate of drug-likeness (QED) is 0.391. The van der Waals surface area contributed by atoms with E-state index in [9.17, 15) is 18.8 Å². The van der Waals surface area contributed by atoms with Crippen molar-refractivity contribution in [2.45, 2.75) is 20.0 Å². The number of aromatic nitrogens is 4. The summed E-state index contributed by atoms with van der Waals surface area (Å²) in [5.41, 5.74) is -0.547. The molecule has 4 aromatic rings. The summed E-state index contributed by atoms with van der Waals surface area (Å²) in [5.74, 6) is -2.31. The van der Waals surface area contributed by atoms with Crippen molar-refractivity contribution in [2.24, 2.45) is 4.99 Å². The van der Waals surface area contributed by atoms with Crippen molar-refractivity contribution in [1.82, 2.24) is 19.1 Å². The predicted octanol–water partition coefficient (Wildman–Crippen LogP) is 3.32. The zero-order valence-corrected chi connectivity index (χ0v) is 19.6. The zero-order chi connectivity index (χ0) is 25.8. The highest BCUT2D eigenvalue weighted by Crippen LogP contribution is 2.27. The largest absolute Gasteiger partial charge is 0.478 e. The lowest BCUT2D eigenvalue weighted by Gasteiger charge is -2.10. The van der Waals surface area contributed by atoms with Crippen LogP contribution in [0.4, 0.5) is 10.1 Å². The molecule has 184 valence electrons. The zero-order valence-electron chi connectivity index (χ0n) is 18.8. The number of hydrogen-bond donors (Lipinski definition) is 2. The summed E-state index contributed by atoms with van der Waals surface area (Å²) in [4.78, 5) is 47.2. The maximum Gasteiger partial charge on any atom is 0.335 e. The molecule has 0 spiro atoms. The molecule has 2 N–H and O–H groups in total. The van der Waals surface area contributed by atoms with Gasteiger partial charge in [0, 0.05) is 29.9 Å². The van der Waals surface area contributed by atoms with Crippen LogP contribution in [0, 0.1) is 5.82 Å². The SMILES string of the molecule is CCn1c(=O)[nH]/c(=N\c2ccc(Oc3cc(C(=O)O)ccn3)c(F)c2)n(Cc2ccc(Cl)cc2)c1=O. The van der Waals surface area contributed by atoms with Gasteiger partial charge in [0.25, 0.3) is 0 Å². The molecule has 0 fully saturated rings. The highest BCUT2D eigenvalue weighted by Gasteiger charge is 2.12. The van der Waals surface area contributed by atoms with Crippen LogP contribution in [0.3, 0.4) is 0 Å². The maximum atomic E-state index is 14.8. The number of rotatable bonds is 7. The number of benzene rings is 2. The Balaban J connectivity index is 1.73. The van der Waals surface area contributed by atoms with Gasteiger partial charge in [0.15, 0.2) is 11.6 Å². The molecule has 0 atom stereocenters. The van der Waals surface area contributed by atoms with Crippen LogP contribution in [0.15, 0.2) is 75.4 Å². The van der Waals surface area contributed by atoms with E-state index in [4.69, 9.17) is 21.4 Å². The number of aromatic carboxylic acids is 1. The van der Waals surface area contributed by atoms with E-state index in [-0.39, 0.29) is 41.6 Å². The maximum absolute atomic E-state index is 14.8. The summed E-state index contributed by atoms with van der Waals surface area (Å²) >= 11 is 5.94. The van der Waals surface area contributed by atoms with Crippen molar-refractivity contribution in [3.63, 3.8) is 0 Å². The lowest BCUT2D eigenvalue weighted by atomic mass is 10.2. The molecule has 10 nitrogen and oxygen atoms in total. The molecule has 2 heterocycles. The van der Waals surface area contributed by atoms with Gasteiger partial charge in [0.2, 0.25) is 11.5 Å². The number of ether oxygens (including phenoxy) is 1. The van der Waals surface area contributed by atoms with Gasteiger partial charge in [-0.2, -0.15) is 0 Å². The van der Waals surface area contributed by atoms with E-state index in [0.717, 1.165) is 22.3 Å². The molecule has 0 aliphatic rings. The van der Waals surface area contributed by atoms with Gasteiger partial charge >= 0.3 is 17.3 Å². The Kier molecular flexibility index (Phi) is 7.11. The molecule has 0 aliphatic heterocycles. The molecule has 0 saturated heterocycles. The number of halogens is 2. The molecule has 36 heavy (non-hydrogen) atoms. The Labute approximate surface area is 207 Å². The Morgan fingerprint density at radius 2 is 1.89 bits per heavy atom. The van der Waals surface area contributed by atoms with Crippen LogP contribution in [0.2, 0.25) is 5.02 Å². The molecule has 2 aromatic carbocycles. The third-order valence-corrected chi connectivity index (χ3v) is 5.35. The molecule has 0 bridgehead atoms. The molecule has 0 aliphatic carbocycles. The van der Waals surface area contributed by atoms with E-state index in [1.54, 1.807) is 31.2 Å². The smallest absolute Gasteiger partial charge is 0.335 e. The summed E-state index contributed by atoms with van der Waals surface area (Å²) < 4.78 is 22.4. The predicted molar refractivity (Wildman–Crippen MR) is 128 cm³/mol. The molecule has 0 radical (unpaired) electrons. The van der Waals surface area contributed by atoms with Crippen LogP contribution < -0.4 is 21.7 Å². The number of nitrogens with one attached hydrogen (secondary N) is 1. The second-order valence-electron chi connectivity index (χ2n) is 7.51. The van der Waals surface area contributed by atoms with Crippen LogP contribution in [-0.4, -0.2) is 30.2 Å². The van der Waals surface area contributed by atoms with E-state index in [1.807, 2.05) is 0 Å². The van der Waals surface area contributed by atoms with Gasteiger partial charge in [-0.25, -0.2) is 33.3 Å². The fourth-order valence-electron chi connectivity index (χ4n) is 3.31. The third kappa shape index (κ3) is 5.41. The summed E-state index contributed by atoms with van der Waals surface area (Å²) in [7, 11) is 0. The number of H-pyrrole nitrogens is 1. The topological polar surface area (TPSA) is 132 Å². The van der Waals surface area contributed by atoms with Crippen LogP contribution in [-0.2, 0) is 13.1 Å². The van der Waals surface area contributed by atoms with Crippen molar-refractivity contribution >= 4 is 23.3 Å². The Morgan fingerprint density at radius 1 is 1.14 bits per heavy atom. The normalized spacial score (nSPS) is 11.5. The molecule has 2 aromatic heterocycles. The second kappa shape index (κ2) is 10.4. The number of hydrogen-bond acceptors (Lipinski definition) is 6. The first-order valence-corrected chi connectivity index (χ1v) is 11.0. The number of carboxylic acids is 1. The summed E-state index contributed by atoms with van der Waals surface area (Å²) in [6.45, 7) is 1.89. The van der Waals surface area contributed by atoms with E-state index in [2.05, 4.69) is 15.0 Å². The van der Waals surface area contributed by atoms with Crippen molar-refractivity contribution in [3.8, 4) is 11.6 Å². The van der Waals surface area contributed by atoms with Crippen molar-refractivity contribution in [1.29, 1.82) is 0 Å². The van der Waals surface area contributed by atoms with Crippen molar-refractivity contribution in [3.05, 3.63) is 109 Å². The molecule has 12 heteroatoms. The first kappa shape index (κ1) is 24.6. The average Bonchev–Trinajstić information content (AvgIpc) is 2.85. The van der Waals surface area contributed by atoms with E-state index < -0.39 is 23.2 Å². The highest BCUT2D eigenvalue weighted by molar-refractivity contribution is 6.30. The number of aromatic amines is 1. The minimum atomic E-state index is -1.18. The van der Waals surface area contributed by atoms with Gasteiger partial charge in [-0.15, -0.1) is 0 Å². The van der Waals surface area contributed by atoms with Crippen molar-refractivity contribution < 1.29 is 19.0 Å². The Hall–Kier alpha value is -4.51. The van der Waals surface area contributed by atoms with Crippen LogP contribution >= 0.6 is 11.6 Å². The number of pyridine rings is 1. The van der Waals surface area contributed by atoms with Crippen molar-refractivity contribution in [2.75, 3.05) is 0 Å². The minimum absolute atomic E-state index is 0.0666. The Morgan fingerprint density at radius 3 is 2.56 bits per heavy atom. The van der Waals surface area contributed by atoms with Gasteiger partial charge < -0.3 is 9.84 Å².